The zero-order valence-corrected chi connectivity index (χ0v) is 19.7. The third kappa shape index (κ3) is 9.21. The van der Waals surface area contributed by atoms with Crippen molar-refractivity contribution in [3.63, 3.8) is 0 Å². The Balaban J connectivity index is 5.22. The van der Waals surface area contributed by atoms with Gasteiger partial charge in [0.2, 0.25) is 0 Å². The molecule has 0 saturated carbocycles. The molecule has 0 bridgehead atoms. The van der Waals surface area contributed by atoms with Crippen LogP contribution in [-0.4, -0.2) is 62.7 Å². The van der Waals surface area contributed by atoms with Crippen molar-refractivity contribution >= 4 is 35.2 Å². The zero-order valence-electron chi connectivity index (χ0n) is 15.6. The van der Waals surface area contributed by atoms with Crippen LogP contribution in [0.1, 0.15) is 6.42 Å². The SMILES string of the molecule is CO[Si](OC)(OC)O[Si](C)(C)O[Si](C)(CCC(F)(F)F)O[SiH](C)C. The average molecular weight is 427 g/mol. The lowest BCUT2D eigenvalue weighted by atomic mass is 10.5. The lowest BCUT2D eigenvalue weighted by molar-refractivity contribution is -0.131. The molecule has 0 saturated heterocycles. The van der Waals surface area contributed by atoms with Gasteiger partial charge in [-0.1, -0.05) is 0 Å². The molecule has 0 N–H and O–H groups in total. The maximum atomic E-state index is 12.6. The highest BCUT2D eigenvalue weighted by molar-refractivity contribution is 6.85. The van der Waals surface area contributed by atoms with E-state index in [0.29, 0.717) is 0 Å². The molecule has 146 valence electrons. The van der Waals surface area contributed by atoms with Gasteiger partial charge in [-0.05, 0) is 38.8 Å². The first-order valence-electron chi connectivity index (χ1n) is 7.52. The number of rotatable bonds is 11. The van der Waals surface area contributed by atoms with Crippen LogP contribution in [0.25, 0.3) is 0 Å². The van der Waals surface area contributed by atoms with E-state index in [0.717, 1.165) is 0 Å². The molecule has 1 unspecified atom stereocenters. The first-order chi connectivity index (χ1) is 10.7. The summed E-state index contributed by atoms with van der Waals surface area (Å²) in [6.45, 7) is 8.89. The van der Waals surface area contributed by atoms with Crippen LogP contribution in [0.2, 0.25) is 38.8 Å². The van der Waals surface area contributed by atoms with Crippen LogP contribution in [0.3, 0.4) is 0 Å². The molecule has 24 heavy (non-hydrogen) atoms. The van der Waals surface area contributed by atoms with Crippen LogP contribution in [0.4, 0.5) is 13.2 Å². The molecule has 0 rings (SSSR count). The average Bonchev–Trinajstić information content (AvgIpc) is 2.40. The Morgan fingerprint density at radius 3 is 1.67 bits per heavy atom. The van der Waals surface area contributed by atoms with E-state index >= 15 is 0 Å². The summed E-state index contributed by atoms with van der Waals surface area (Å²) in [7, 11) is -6.76. The van der Waals surface area contributed by atoms with E-state index in [1.54, 1.807) is 19.6 Å². The minimum atomic E-state index is -4.25. The van der Waals surface area contributed by atoms with Gasteiger partial charge in [-0.15, -0.1) is 0 Å². The van der Waals surface area contributed by atoms with Crippen molar-refractivity contribution in [3.8, 4) is 0 Å². The largest absolute Gasteiger partial charge is 0.669 e. The van der Waals surface area contributed by atoms with Gasteiger partial charge in [-0.25, -0.2) is 0 Å². The summed E-state index contributed by atoms with van der Waals surface area (Å²) in [6, 6.07) is -0.178. The van der Waals surface area contributed by atoms with Crippen molar-refractivity contribution in [1.29, 1.82) is 0 Å². The number of alkyl halides is 3. The zero-order chi connectivity index (χ0) is 19.2. The van der Waals surface area contributed by atoms with Gasteiger partial charge >= 0.3 is 32.3 Å². The van der Waals surface area contributed by atoms with E-state index in [4.69, 9.17) is 25.6 Å². The van der Waals surface area contributed by atoms with Gasteiger partial charge < -0.3 is 25.6 Å². The van der Waals surface area contributed by atoms with Gasteiger partial charge in [0.25, 0.3) is 0 Å². The van der Waals surface area contributed by atoms with Gasteiger partial charge in [0.05, 0.1) is 0 Å². The van der Waals surface area contributed by atoms with Crippen molar-refractivity contribution in [1.82, 2.24) is 0 Å². The first-order valence-corrected chi connectivity index (χ1v) is 17.3. The second-order valence-corrected chi connectivity index (χ2v) is 18.6. The van der Waals surface area contributed by atoms with E-state index in [1.165, 1.54) is 21.3 Å². The van der Waals surface area contributed by atoms with Crippen LogP contribution in [0.15, 0.2) is 0 Å². The summed E-state index contributed by atoms with van der Waals surface area (Å²) in [4.78, 5) is 0. The van der Waals surface area contributed by atoms with E-state index < -0.39 is 47.8 Å². The summed E-state index contributed by atoms with van der Waals surface area (Å²) >= 11 is 0. The Labute approximate surface area is 147 Å². The Bertz CT molecular complexity index is 373. The smallest absolute Gasteiger partial charge is 0.439 e. The molecular weight excluding hydrogens is 397 g/mol. The normalized spacial score (nSPS) is 16.5. The quantitative estimate of drug-likeness (QED) is 0.473. The maximum absolute atomic E-state index is 12.6. The van der Waals surface area contributed by atoms with E-state index in [-0.39, 0.29) is 6.04 Å². The van der Waals surface area contributed by atoms with E-state index in [2.05, 4.69) is 0 Å². The van der Waals surface area contributed by atoms with E-state index in [9.17, 15) is 13.2 Å². The fraction of sp³-hybridized carbons (Fsp3) is 1.00. The van der Waals surface area contributed by atoms with Crippen LogP contribution in [-0.2, 0) is 25.6 Å². The number of halogens is 3. The second kappa shape index (κ2) is 9.38. The number of hydrogen-bond donors (Lipinski definition) is 0. The Kier molecular flexibility index (Phi) is 9.54. The molecule has 0 aromatic heterocycles. The molecule has 0 aliphatic rings. The maximum Gasteiger partial charge on any atom is 0.669 e. The van der Waals surface area contributed by atoms with Crippen LogP contribution in [0.5, 0.6) is 0 Å². The molecule has 0 aliphatic carbocycles. The molecule has 0 spiro atoms. The fourth-order valence-electron chi connectivity index (χ4n) is 2.22. The Morgan fingerprint density at radius 1 is 0.875 bits per heavy atom. The van der Waals surface area contributed by atoms with Crippen molar-refractivity contribution < 1.29 is 38.8 Å². The predicted molar refractivity (Wildman–Crippen MR) is 93.5 cm³/mol. The van der Waals surface area contributed by atoms with Crippen molar-refractivity contribution in [2.24, 2.45) is 0 Å². The first kappa shape index (κ1) is 24.4. The number of hydrogen-bond acceptors (Lipinski definition) is 6. The fourth-order valence-corrected chi connectivity index (χ4v) is 17.1. The highest BCUT2D eigenvalue weighted by atomic mass is 28.5. The van der Waals surface area contributed by atoms with Gasteiger partial charge in [0.1, 0.15) is 0 Å². The molecule has 13 heteroatoms. The standard InChI is InChI=1S/C11H29F3O6Si4/c1-15-24(16-2,17-3)20-22(6,7)19-23(8,18-21(4)5)10-9-11(12,13)14/h21H,9-10H2,1-8H3. The van der Waals surface area contributed by atoms with Gasteiger partial charge in [-0.2, -0.15) is 13.2 Å². The minimum absolute atomic E-state index is 0.178. The predicted octanol–water partition coefficient (Wildman–Crippen LogP) is 3.12. The third-order valence-electron chi connectivity index (χ3n) is 2.93. The monoisotopic (exact) mass is 426 g/mol. The highest BCUT2D eigenvalue weighted by Crippen LogP contribution is 2.31. The molecule has 6 nitrogen and oxygen atoms in total. The second-order valence-electron chi connectivity index (χ2n) is 6.13. The summed E-state index contributed by atoms with van der Waals surface area (Å²) in [5.41, 5.74) is 0. The van der Waals surface area contributed by atoms with Crippen LogP contribution >= 0.6 is 0 Å². The van der Waals surface area contributed by atoms with Gasteiger partial charge in [0, 0.05) is 27.8 Å². The van der Waals surface area contributed by atoms with Crippen LogP contribution in [0, 0.1) is 0 Å². The van der Waals surface area contributed by atoms with Crippen molar-refractivity contribution in [2.45, 2.75) is 51.4 Å². The minimum Gasteiger partial charge on any atom is -0.439 e. The third-order valence-corrected chi connectivity index (χ3v) is 16.1. The Morgan fingerprint density at radius 2 is 1.33 bits per heavy atom. The molecule has 0 heterocycles. The topological polar surface area (TPSA) is 55.4 Å². The summed E-state index contributed by atoms with van der Waals surface area (Å²) in [5, 5.41) is 0. The molecule has 0 aromatic carbocycles. The Hall–Kier alpha value is 0.418. The van der Waals surface area contributed by atoms with Crippen molar-refractivity contribution in [3.05, 3.63) is 0 Å². The lowest BCUT2D eigenvalue weighted by Crippen LogP contribution is -2.59. The van der Waals surface area contributed by atoms with Gasteiger partial charge in [-0.3, -0.25) is 0 Å². The lowest BCUT2D eigenvalue weighted by Gasteiger charge is -2.39. The molecular formula is C11H29F3O6Si4. The molecule has 0 fully saturated rings. The van der Waals surface area contributed by atoms with E-state index in [1.807, 2.05) is 13.1 Å². The molecule has 0 radical (unpaired) electrons. The highest BCUT2D eigenvalue weighted by Gasteiger charge is 2.52. The summed E-state index contributed by atoms with van der Waals surface area (Å²) in [5.74, 6) is 0. The van der Waals surface area contributed by atoms with Crippen LogP contribution < -0.4 is 0 Å². The van der Waals surface area contributed by atoms with Gasteiger partial charge in [0.15, 0.2) is 9.04 Å². The molecule has 0 aromatic rings. The summed E-state index contributed by atoms with van der Waals surface area (Å²) < 4.78 is 71.4. The van der Waals surface area contributed by atoms with Crippen molar-refractivity contribution in [2.75, 3.05) is 21.3 Å². The summed E-state index contributed by atoms with van der Waals surface area (Å²) in [6.07, 6.45) is -5.20. The molecule has 1 atom stereocenters. The molecule has 0 aliphatic heterocycles. The molecule has 0 amide bonds.